The monoisotopic (exact) mass is 317 g/mol. The van der Waals surface area contributed by atoms with Crippen LogP contribution in [0.5, 0.6) is 0 Å². The molecule has 2 heterocycles. The van der Waals surface area contributed by atoms with Gasteiger partial charge in [-0.05, 0) is 37.1 Å². The number of β-amino-alcohol motifs (C(OH)–C–C–N with tert-alkyl or cyclic N) is 1. The van der Waals surface area contributed by atoms with Crippen LogP contribution in [0.4, 0.5) is 4.39 Å². The fourth-order valence-electron chi connectivity index (χ4n) is 2.99. The van der Waals surface area contributed by atoms with Gasteiger partial charge in [0.25, 0.3) is 0 Å². The Labute approximate surface area is 134 Å². The van der Waals surface area contributed by atoms with E-state index in [-0.39, 0.29) is 24.1 Å². The van der Waals surface area contributed by atoms with Gasteiger partial charge in [-0.1, -0.05) is 12.1 Å². The summed E-state index contributed by atoms with van der Waals surface area (Å²) in [7, 11) is 0. The highest BCUT2D eigenvalue weighted by molar-refractivity contribution is 5.79. The summed E-state index contributed by atoms with van der Waals surface area (Å²) in [5.41, 5.74) is 2.66. The zero-order chi connectivity index (χ0) is 16.4. The van der Waals surface area contributed by atoms with E-state index in [0.717, 1.165) is 17.0 Å². The number of aryl methyl sites for hydroxylation is 1. The van der Waals surface area contributed by atoms with E-state index in [4.69, 9.17) is 0 Å². The average molecular weight is 317 g/mol. The number of aliphatic hydroxyl groups is 1. The van der Waals surface area contributed by atoms with E-state index in [1.165, 1.54) is 12.1 Å². The number of aromatic amines is 1. The van der Waals surface area contributed by atoms with Gasteiger partial charge in [0.2, 0.25) is 5.91 Å². The van der Waals surface area contributed by atoms with E-state index in [9.17, 15) is 14.3 Å². The summed E-state index contributed by atoms with van der Waals surface area (Å²) in [6.45, 7) is 2.79. The number of likely N-dealkylation sites (tertiary alicyclic amines) is 1. The molecule has 0 spiro atoms. The van der Waals surface area contributed by atoms with E-state index in [1.807, 2.05) is 13.0 Å². The minimum absolute atomic E-state index is 0.00475. The molecule has 2 N–H and O–H groups in total. The van der Waals surface area contributed by atoms with Gasteiger partial charge in [-0.2, -0.15) is 5.10 Å². The third-order valence-electron chi connectivity index (χ3n) is 4.26. The summed E-state index contributed by atoms with van der Waals surface area (Å²) in [6, 6.07) is 7.89. The van der Waals surface area contributed by atoms with Crippen molar-refractivity contribution in [3.63, 3.8) is 0 Å². The molecule has 3 rings (SSSR count). The molecule has 122 valence electrons. The molecule has 1 aliphatic rings. The number of rotatable bonds is 4. The van der Waals surface area contributed by atoms with E-state index < -0.39 is 6.10 Å². The molecule has 0 saturated carbocycles. The lowest BCUT2D eigenvalue weighted by atomic mass is 10.0. The molecule has 6 heteroatoms. The van der Waals surface area contributed by atoms with Crippen LogP contribution in [-0.4, -0.2) is 45.3 Å². The van der Waals surface area contributed by atoms with Crippen molar-refractivity contribution in [1.82, 2.24) is 15.1 Å². The Hall–Kier alpha value is -2.21. The van der Waals surface area contributed by atoms with Crippen molar-refractivity contribution in [2.24, 2.45) is 5.92 Å². The van der Waals surface area contributed by atoms with Crippen LogP contribution in [0.1, 0.15) is 17.0 Å². The maximum Gasteiger partial charge on any atom is 0.227 e. The minimum atomic E-state index is -0.538. The number of nitrogens with one attached hydrogen (secondary N) is 1. The van der Waals surface area contributed by atoms with Gasteiger partial charge in [0.15, 0.2) is 0 Å². The molecule has 0 radical (unpaired) electrons. The average Bonchev–Trinajstić information content (AvgIpc) is 3.08. The van der Waals surface area contributed by atoms with Gasteiger partial charge in [0, 0.05) is 24.7 Å². The maximum atomic E-state index is 12.9. The second-order valence-electron chi connectivity index (χ2n) is 6.18. The van der Waals surface area contributed by atoms with Crippen molar-refractivity contribution in [2.45, 2.75) is 25.9 Å². The molecule has 1 aliphatic heterocycles. The van der Waals surface area contributed by atoms with Crippen LogP contribution >= 0.6 is 0 Å². The number of hydrogen-bond donors (Lipinski definition) is 2. The summed E-state index contributed by atoms with van der Waals surface area (Å²) < 4.78 is 12.9. The summed E-state index contributed by atoms with van der Waals surface area (Å²) in [6.07, 6.45) is 0.330. The fourth-order valence-corrected chi connectivity index (χ4v) is 2.99. The Kier molecular flexibility index (Phi) is 4.43. The molecular weight excluding hydrogens is 297 g/mol. The second-order valence-corrected chi connectivity index (χ2v) is 6.18. The van der Waals surface area contributed by atoms with Crippen LogP contribution in [0.3, 0.4) is 0 Å². The van der Waals surface area contributed by atoms with Crippen molar-refractivity contribution < 1.29 is 14.3 Å². The van der Waals surface area contributed by atoms with Gasteiger partial charge < -0.3 is 10.0 Å². The van der Waals surface area contributed by atoms with Crippen molar-refractivity contribution in [3.8, 4) is 0 Å². The third-order valence-corrected chi connectivity index (χ3v) is 4.26. The maximum absolute atomic E-state index is 12.9. The minimum Gasteiger partial charge on any atom is -0.391 e. The first-order valence-corrected chi connectivity index (χ1v) is 7.72. The summed E-state index contributed by atoms with van der Waals surface area (Å²) in [5, 5.41) is 17.3. The number of aliphatic hydroxyl groups excluding tert-OH is 1. The van der Waals surface area contributed by atoms with Crippen LogP contribution in [0.2, 0.25) is 0 Å². The predicted octanol–water partition coefficient (Wildman–Crippen LogP) is 1.46. The van der Waals surface area contributed by atoms with E-state index in [0.29, 0.717) is 19.5 Å². The smallest absolute Gasteiger partial charge is 0.227 e. The number of hydrogen-bond acceptors (Lipinski definition) is 3. The number of H-pyrrole nitrogens is 1. The van der Waals surface area contributed by atoms with Gasteiger partial charge in [0.05, 0.1) is 18.2 Å². The standard InChI is InChI=1S/C17H20FN3O2/c1-11-6-15(20-19-11)8-13-9-21(10-16(13)22)17(23)7-12-2-4-14(18)5-3-12/h2-6,13,16,22H,7-10H2,1H3,(H,19,20)/t13-,16+/m1/s1. The van der Waals surface area contributed by atoms with Gasteiger partial charge in [0.1, 0.15) is 5.82 Å². The lowest BCUT2D eigenvalue weighted by molar-refractivity contribution is -0.129. The topological polar surface area (TPSA) is 69.2 Å². The number of halogens is 1. The van der Waals surface area contributed by atoms with Gasteiger partial charge in [-0.3, -0.25) is 9.89 Å². The van der Waals surface area contributed by atoms with Crippen molar-refractivity contribution in [1.29, 1.82) is 0 Å². The number of carbonyl (C=O) groups excluding carboxylic acids is 1. The molecule has 5 nitrogen and oxygen atoms in total. The number of aromatic nitrogens is 2. The molecule has 0 unspecified atom stereocenters. The van der Waals surface area contributed by atoms with Gasteiger partial charge in [-0.25, -0.2) is 4.39 Å². The quantitative estimate of drug-likeness (QED) is 0.897. The normalized spacial score (nSPS) is 20.9. The molecule has 1 fully saturated rings. The molecule has 1 saturated heterocycles. The first kappa shape index (κ1) is 15.7. The molecule has 1 aromatic heterocycles. The Morgan fingerprint density at radius 1 is 1.39 bits per heavy atom. The first-order valence-electron chi connectivity index (χ1n) is 7.72. The van der Waals surface area contributed by atoms with Crippen molar-refractivity contribution in [2.75, 3.05) is 13.1 Å². The summed E-state index contributed by atoms with van der Waals surface area (Å²) >= 11 is 0. The molecule has 1 amide bonds. The zero-order valence-electron chi connectivity index (χ0n) is 13.0. The lowest BCUT2D eigenvalue weighted by Gasteiger charge is -2.16. The lowest BCUT2D eigenvalue weighted by Crippen LogP contribution is -2.31. The largest absolute Gasteiger partial charge is 0.391 e. The molecule has 2 aromatic rings. The Morgan fingerprint density at radius 2 is 2.13 bits per heavy atom. The Balaban J connectivity index is 1.58. The molecule has 1 aromatic carbocycles. The second kappa shape index (κ2) is 6.50. The summed E-state index contributed by atoms with van der Waals surface area (Å²) in [4.78, 5) is 14.0. The Morgan fingerprint density at radius 3 is 2.78 bits per heavy atom. The number of amides is 1. The van der Waals surface area contributed by atoms with E-state index in [2.05, 4.69) is 10.2 Å². The highest BCUT2D eigenvalue weighted by Gasteiger charge is 2.34. The molecule has 0 bridgehead atoms. The molecule has 23 heavy (non-hydrogen) atoms. The Bertz CT molecular complexity index is 683. The van der Waals surface area contributed by atoms with Crippen molar-refractivity contribution >= 4 is 5.91 Å². The predicted molar refractivity (Wildman–Crippen MR) is 83.2 cm³/mol. The van der Waals surface area contributed by atoms with Gasteiger partial charge in [-0.15, -0.1) is 0 Å². The zero-order valence-corrected chi connectivity index (χ0v) is 13.0. The molecule has 0 aliphatic carbocycles. The first-order chi connectivity index (χ1) is 11.0. The number of benzene rings is 1. The van der Waals surface area contributed by atoms with E-state index in [1.54, 1.807) is 17.0 Å². The summed E-state index contributed by atoms with van der Waals surface area (Å²) in [5.74, 6) is -0.363. The van der Waals surface area contributed by atoms with Crippen LogP contribution in [0.25, 0.3) is 0 Å². The molecule has 2 atom stereocenters. The van der Waals surface area contributed by atoms with Gasteiger partial charge >= 0.3 is 0 Å². The van der Waals surface area contributed by atoms with Crippen LogP contribution in [0, 0.1) is 18.7 Å². The highest BCUT2D eigenvalue weighted by Crippen LogP contribution is 2.22. The number of carbonyl (C=O) groups is 1. The SMILES string of the molecule is Cc1cc(C[C@@H]2CN(C(=O)Cc3ccc(F)cc3)C[C@@H]2O)n[nH]1. The van der Waals surface area contributed by atoms with Crippen LogP contribution in [0.15, 0.2) is 30.3 Å². The molecular formula is C17H20FN3O2. The van der Waals surface area contributed by atoms with Crippen LogP contribution < -0.4 is 0 Å². The van der Waals surface area contributed by atoms with E-state index >= 15 is 0 Å². The third kappa shape index (κ3) is 3.76. The van der Waals surface area contributed by atoms with Crippen molar-refractivity contribution in [3.05, 3.63) is 53.1 Å². The number of nitrogens with zero attached hydrogens (tertiary/aromatic N) is 2. The fraction of sp³-hybridized carbons (Fsp3) is 0.412. The van der Waals surface area contributed by atoms with Crippen LogP contribution in [-0.2, 0) is 17.6 Å². The highest BCUT2D eigenvalue weighted by atomic mass is 19.1.